The Morgan fingerprint density at radius 2 is 1.66 bits per heavy atom. The van der Waals surface area contributed by atoms with Gasteiger partial charge in [-0.3, -0.25) is 0 Å². The molecule has 168 valence electrons. The van der Waals surface area contributed by atoms with Crippen LogP contribution in [0.5, 0.6) is 0 Å². The molecule has 0 atom stereocenters. The quantitative estimate of drug-likeness (QED) is 0.337. The molecule has 0 saturated carbocycles. The van der Waals surface area contributed by atoms with Crippen LogP contribution in [0.4, 0.5) is 46.5 Å². The van der Waals surface area contributed by atoms with Crippen LogP contribution in [0, 0.1) is 18.2 Å². The average Bonchev–Trinajstić information content (AvgIpc) is 3.16. The van der Waals surface area contributed by atoms with Gasteiger partial charge in [0.05, 0.1) is 18.7 Å². The third-order valence-electron chi connectivity index (χ3n) is 4.10. The molecule has 13 heteroatoms. The molecule has 0 fully saturated rings. The predicted molar refractivity (Wildman–Crippen MR) is 94.5 cm³/mol. The molecule has 3 aromatic rings. The number of halogens is 8. The first kappa shape index (κ1) is 23.0. The number of nitrogens with zero attached hydrogens (tertiary/aromatic N) is 4. The average molecular weight is 462 g/mol. The number of aromatic nitrogens is 2. The lowest BCUT2D eigenvalue weighted by atomic mass is 10.1. The summed E-state index contributed by atoms with van der Waals surface area (Å²) in [5, 5.41) is 7.08. The summed E-state index contributed by atoms with van der Waals surface area (Å²) in [6.45, 7) is 4.42. The van der Waals surface area contributed by atoms with E-state index < -0.39 is 59.9 Å². The molecule has 0 aliphatic carbocycles. The molecule has 5 nitrogen and oxygen atoms in total. The fourth-order valence-corrected chi connectivity index (χ4v) is 2.73. The molecule has 1 aromatic heterocycles. The topological polar surface area (TPSA) is 46.5 Å². The van der Waals surface area contributed by atoms with Crippen LogP contribution < -0.4 is 4.90 Å². The molecule has 3 rings (SSSR count). The Kier molecular flexibility index (Phi) is 6.07. The summed E-state index contributed by atoms with van der Waals surface area (Å²) < 4.78 is 110. The zero-order valence-electron chi connectivity index (χ0n) is 15.6. The first-order valence-electron chi connectivity index (χ1n) is 8.55. The smallest absolute Gasteiger partial charge is 0.407 e. The maximum atomic E-state index is 13.4. The van der Waals surface area contributed by atoms with Crippen LogP contribution in [0.2, 0.25) is 0 Å². The lowest BCUT2D eigenvalue weighted by Crippen LogP contribution is -2.34. The molecular weight excluding hydrogens is 452 g/mol. The number of rotatable bonds is 5. The van der Waals surface area contributed by atoms with E-state index in [-0.39, 0.29) is 11.5 Å². The van der Waals surface area contributed by atoms with Crippen molar-refractivity contribution in [3.05, 3.63) is 70.9 Å². The molecule has 0 aliphatic heterocycles. The molecule has 1 heterocycles. The van der Waals surface area contributed by atoms with Crippen molar-refractivity contribution >= 4 is 11.4 Å². The second kappa shape index (κ2) is 8.45. The van der Waals surface area contributed by atoms with Crippen molar-refractivity contribution in [2.45, 2.75) is 18.9 Å². The summed E-state index contributed by atoms with van der Waals surface area (Å²) in [6.07, 6.45) is -9.77. The molecule has 0 amide bonds. The van der Waals surface area contributed by atoms with Crippen LogP contribution in [0.1, 0.15) is 11.5 Å². The van der Waals surface area contributed by atoms with E-state index >= 15 is 0 Å². The summed E-state index contributed by atoms with van der Waals surface area (Å²) >= 11 is 0. The maximum absolute atomic E-state index is 13.4. The highest BCUT2D eigenvalue weighted by Crippen LogP contribution is 2.39. The van der Waals surface area contributed by atoms with E-state index in [1.807, 2.05) is 0 Å². The van der Waals surface area contributed by atoms with E-state index in [1.165, 1.54) is 0 Å². The van der Waals surface area contributed by atoms with Gasteiger partial charge in [0.2, 0.25) is 11.8 Å². The van der Waals surface area contributed by atoms with Gasteiger partial charge in [-0.15, -0.1) is 10.2 Å². The zero-order valence-corrected chi connectivity index (χ0v) is 15.6. The van der Waals surface area contributed by atoms with Crippen molar-refractivity contribution in [1.29, 1.82) is 0 Å². The fourth-order valence-electron chi connectivity index (χ4n) is 2.73. The molecular formula is C19H10F8N4O. The van der Waals surface area contributed by atoms with Crippen molar-refractivity contribution in [2.24, 2.45) is 0 Å². The van der Waals surface area contributed by atoms with E-state index in [0.29, 0.717) is 11.0 Å². The van der Waals surface area contributed by atoms with E-state index in [9.17, 15) is 35.1 Å². The third-order valence-corrected chi connectivity index (χ3v) is 4.10. The van der Waals surface area contributed by atoms with Crippen molar-refractivity contribution in [3.63, 3.8) is 0 Å². The van der Waals surface area contributed by atoms with E-state index in [1.54, 1.807) is 0 Å². The summed E-state index contributed by atoms with van der Waals surface area (Å²) in [5.41, 5.74) is -2.71. The zero-order chi connectivity index (χ0) is 23.7. The summed E-state index contributed by atoms with van der Waals surface area (Å²) in [7, 11) is 0. The van der Waals surface area contributed by atoms with Gasteiger partial charge in [-0.25, -0.2) is 13.6 Å². The van der Waals surface area contributed by atoms with Gasteiger partial charge in [0.15, 0.2) is 17.3 Å². The Bertz CT molecular complexity index is 1160. The summed E-state index contributed by atoms with van der Waals surface area (Å²) in [5.74, 6) is -3.12. The maximum Gasteiger partial charge on any atom is 0.407 e. The Hall–Kier alpha value is -3.69. The highest BCUT2D eigenvalue weighted by molar-refractivity contribution is 5.62. The monoisotopic (exact) mass is 462 g/mol. The molecule has 32 heavy (non-hydrogen) atoms. The van der Waals surface area contributed by atoms with Gasteiger partial charge < -0.3 is 9.32 Å². The number of alkyl halides is 6. The molecule has 0 aliphatic rings. The normalized spacial score (nSPS) is 12.0. The molecule has 0 radical (unpaired) electrons. The number of hydrogen-bond acceptors (Lipinski definition) is 4. The number of benzene rings is 2. The summed E-state index contributed by atoms with van der Waals surface area (Å²) in [6, 6.07) is 4.73. The Morgan fingerprint density at radius 3 is 2.25 bits per heavy atom. The van der Waals surface area contributed by atoms with Crippen LogP contribution >= 0.6 is 0 Å². The molecule has 0 N–H and O–H groups in total. The second-order valence-electron chi connectivity index (χ2n) is 6.41. The van der Waals surface area contributed by atoms with Gasteiger partial charge in [-0.1, -0.05) is 6.07 Å². The molecule has 0 bridgehead atoms. The number of hydrogen-bond donors (Lipinski definition) is 0. The first-order chi connectivity index (χ1) is 14.9. The Balaban J connectivity index is 1.95. The van der Waals surface area contributed by atoms with Crippen molar-refractivity contribution in [2.75, 3.05) is 11.4 Å². The largest absolute Gasteiger partial charge is 0.419 e. The van der Waals surface area contributed by atoms with Crippen molar-refractivity contribution in [1.82, 2.24) is 10.2 Å². The highest BCUT2D eigenvalue weighted by atomic mass is 19.4. The van der Waals surface area contributed by atoms with E-state index in [4.69, 9.17) is 11.0 Å². The molecule has 2 aromatic carbocycles. The standard InChI is InChI=1S/C19H10F8N4O/c1-28-15-5-3-11(7-12(15)19(25,26)27)31(9-18(22,23)24)8-16-29-30-17(32-16)10-2-4-13(20)14(21)6-10/h2-7H,8-9H2. The van der Waals surface area contributed by atoms with Crippen LogP contribution in [0.3, 0.4) is 0 Å². The minimum absolute atomic E-state index is 0.0502. The SMILES string of the molecule is [C-]#[N+]c1ccc(N(Cc2nnc(-c3ccc(F)c(F)c3)o2)CC(F)(F)F)cc1C(F)(F)F. The molecule has 0 spiro atoms. The lowest BCUT2D eigenvalue weighted by molar-refractivity contribution is -0.136. The summed E-state index contributed by atoms with van der Waals surface area (Å²) in [4.78, 5) is 3.24. The second-order valence-corrected chi connectivity index (χ2v) is 6.41. The van der Waals surface area contributed by atoms with Gasteiger partial charge in [0, 0.05) is 11.3 Å². The van der Waals surface area contributed by atoms with Crippen LogP contribution in [0.15, 0.2) is 40.8 Å². The Morgan fingerprint density at radius 1 is 0.938 bits per heavy atom. The van der Waals surface area contributed by atoms with Gasteiger partial charge in [0.1, 0.15) is 6.54 Å². The van der Waals surface area contributed by atoms with E-state index in [2.05, 4.69) is 15.0 Å². The predicted octanol–water partition coefficient (Wildman–Crippen LogP) is 6.15. The fraction of sp³-hybridized carbons (Fsp3) is 0.211. The molecule has 0 saturated heterocycles. The number of anilines is 1. The highest BCUT2D eigenvalue weighted by Gasteiger charge is 2.36. The van der Waals surface area contributed by atoms with Gasteiger partial charge in [0.25, 0.3) is 0 Å². The van der Waals surface area contributed by atoms with E-state index in [0.717, 1.165) is 30.3 Å². The first-order valence-corrected chi connectivity index (χ1v) is 8.55. The van der Waals surface area contributed by atoms with Crippen molar-refractivity contribution < 1.29 is 39.5 Å². The molecule has 0 unspecified atom stereocenters. The minimum Gasteiger partial charge on any atom is -0.419 e. The van der Waals surface area contributed by atoms with Crippen LogP contribution in [-0.4, -0.2) is 22.9 Å². The Labute approximate surface area is 174 Å². The van der Waals surface area contributed by atoms with Gasteiger partial charge >= 0.3 is 12.4 Å². The van der Waals surface area contributed by atoms with Gasteiger partial charge in [-0.2, -0.15) is 26.3 Å². The van der Waals surface area contributed by atoms with Crippen LogP contribution in [0.25, 0.3) is 16.3 Å². The lowest BCUT2D eigenvalue weighted by Gasteiger charge is -2.25. The third kappa shape index (κ3) is 5.32. The van der Waals surface area contributed by atoms with Gasteiger partial charge in [-0.05, 0) is 30.3 Å². The van der Waals surface area contributed by atoms with Crippen molar-refractivity contribution in [3.8, 4) is 11.5 Å². The minimum atomic E-state index is -4.97. The van der Waals surface area contributed by atoms with Crippen LogP contribution in [-0.2, 0) is 12.7 Å².